The summed E-state index contributed by atoms with van der Waals surface area (Å²) in [6.07, 6.45) is 0. The molecule has 1 aliphatic rings. The third-order valence-electron chi connectivity index (χ3n) is 5.66. The van der Waals surface area contributed by atoms with Crippen LogP contribution in [-0.2, 0) is 4.79 Å². The maximum atomic E-state index is 12.9. The first-order valence-corrected chi connectivity index (χ1v) is 11.2. The van der Waals surface area contributed by atoms with Gasteiger partial charge in [-0.15, -0.1) is 0 Å². The Labute approximate surface area is 194 Å². The van der Waals surface area contributed by atoms with Crippen molar-refractivity contribution in [1.82, 2.24) is 9.80 Å². The molecule has 1 fully saturated rings. The zero-order valence-corrected chi connectivity index (χ0v) is 18.8. The van der Waals surface area contributed by atoms with E-state index in [2.05, 4.69) is 0 Å². The SMILES string of the molecule is CCOc1ccc(OCC(=O)N2CCN(C(=O)c3ccc(-c4ccccc4)cc3)CC2)cc1. The highest BCUT2D eigenvalue weighted by Gasteiger charge is 2.25. The van der Waals surface area contributed by atoms with E-state index in [0.29, 0.717) is 44.1 Å². The highest BCUT2D eigenvalue weighted by Crippen LogP contribution is 2.20. The second-order valence-electron chi connectivity index (χ2n) is 7.81. The number of amides is 2. The van der Waals surface area contributed by atoms with Gasteiger partial charge in [0.25, 0.3) is 11.8 Å². The first kappa shape index (κ1) is 22.4. The molecule has 3 aromatic carbocycles. The van der Waals surface area contributed by atoms with Crippen molar-refractivity contribution in [2.45, 2.75) is 6.92 Å². The molecular formula is C27H28N2O4. The third-order valence-corrected chi connectivity index (χ3v) is 5.66. The minimum atomic E-state index is -0.0804. The molecule has 0 atom stereocenters. The first-order valence-electron chi connectivity index (χ1n) is 11.2. The molecule has 0 N–H and O–H groups in total. The van der Waals surface area contributed by atoms with Gasteiger partial charge in [-0.1, -0.05) is 42.5 Å². The van der Waals surface area contributed by atoms with Crippen LogP contribution in [0.3, 0.4) is 0 Å². The van der Waals surface area contributed by atoms with Gasteiger partial charge in [0.1, 0.15) is 11.5 Å². The smallest absolute Gasteiger partial charge is 0.260 e. The predicted octanol–water partition coefficient (Wildman–Crippen LogP) is 4.12. The van der Waals surface area contributed by atoms with E-state index in [1.54, 1.807) is 21.9 Å². The number of ether oxygens (including phenoxy) is 2. The van der Waals surface area contributed by atoms with E-state index in [-0.39, 0.29) is 18.4 Å². The number of carbonyl (C=O) groups excluding carboxylic acids is 2. The number of hydrogen-bond acceptors (Lipinski definition) is 4. The van der Waals surface area contributed by atoms with Crippen LogP contribution in [0.4, 0.5) is 0 Å². The van der Waals surface area contributed by atoms with E-state index >= 15 is 0 Å². The molecule has 0 spiro atoms. The lowest BCUT2D eigenvalue weighted by atomic mass is 10.0. The van der Waals surface area contributed by atoms with E-state index in [1.807, 2.05) is 73.7 Å². The van der Waals surface area contributed by atoms with Crippen LogP contribution in [0.5, 0.6) is 11.5 Å². The second-order valence-corrected chi connectivity index (χ2v) is 7.81. The Kier molecular flexibility index (Phi) is 7.25. The number of carbonyl (C=O) groups is 2. The number of benzene rings is 3. The minimum absolute atomic E-state index is 0.00708. The predicted molar refractivity (Wildman–Crippen MR) is 127 cm³/mol. The zero-order valence-electron chi connectivity index (χ0n) is 18.8. The summed E-state index contributed by atoms with van der Waals surface area (Å²) in [6, 6.07) is 25.0. The highest BCUT2D eigenvalue weighted by atomic mass is 16.5. The number of hydrogen-bond donors (Lipinski definition) is 0. The fourth-order valence-electron chi connectivity index (χ4n) is 3.81. The fraction of sp³-hybridized carbons (Fsp3) is 0.259. The lowest BCUT2D eigenvalue weighted by Crippen LogP contribution is -2.51. The topological polar surface area (TPSA) is 59.1 Å². The van der Waals surface area contributed by atoms with Crippen LogP contribution in [0, 0.1) is 0 Å². The molecular weight excluding hydrogens is 416 g/mol. The summed E-state index contributed by atoms with van der Waals surface area (Å²) in [7, 11) is 0. The van der Waals surface area contributed by atoms with Gasteiger partial charge < -0.3 is 19.3 Å². The first-order chi connectivity index (χ1) is 16.1. The molecule has 0 bridgehead atoms. The van der Waals surface area contributed by atoms with Crippen molar-refractivity contribution < 1.29 is 19.1 Å². The van der Waals surface area contributed by atoms with Gasteiger partial charge in [-0.25, -0.2) is 0 Å². The molecule has 170 valence electrons. The molecule has 6 nitrogen and oxygen atoms in total. The summed E-state index contributed by atoms with van der Waals surface area (Å²) in [5, 5.41) is 0. The molecule has 33 heavy (non-hydrogen) atoms. The van der Waals surface area contributed by atoms with Crippen molar-refractivity contribution in [2.24, 2.45) is 0 Å². The van der Waals surface area contributed by atoms with Crippen molar-refractivity contribution in [3.05, 3.63) is 84.4 Å². The standard InChI is InChI=1S/C27H28N2O4/c1-2-32-24-12-14-25(15-13-24)33-20-26(30)28-16-18-29(19-17-28)27(31)23-10-8-22(9-11-23)21-6-4-3-5-7-21/h3-15H,2,16-20H2,1H3. The summed E-state index contributed by atoms with van der Waals surface area (Å²) in [4.78, 5) is 29.0. The van der Waals surface area contributed by atoms with Crippen LogP contribution in [0.25, 0.3) is 11.1 Å². The van der Waals surface area contributed by atoms with Gasteiger partial charge in [0.05, 0.1) is 6.61 Å². The number of nitrogens with zero attached hydrogens (tertiary/aromatic N) is 2. The van der Waals surface area contributed by atoms with Crippen molar-refractivity contribution in [2.75, 3.05) is 39.4 Å². The van der Waals surface area contributed by atoms with Crippen LogP contribution >= 0.6 is 0 Å². The molecule has 1 aliphatic heterocycles. The van der Waals surface area contributed by atoms with E-state index < -0.39 is 0 Å². The molecule has 0 saturated carbocycles. The van der Waals surface area contributed by atoms with Gasteiger partial charge in [0.2, 0.25) is 0 Å². The quantitative estimate of drug-likeness (QED) is 0.550. The molecule has 0 radical (unpaired) electrons. The molecule has 2 amide bonds. The van der Waals surface area contributed by atoms with Crippen molar-refractivity contribution in [3.63, 3.8) is 0 Å². The Morgan fingerprint density at radius 1 is 0.697 bits per heavy atom. The Morgan fingerprint density at radius 2 is 1.24 bits per heavy atom. The van der Waals surface area contributed by atoms with Gasteiger partial charge in [0.15, 0.2) is 6.61 Å². The Bertz CT molecular complexity index is 1060. The molecule has 3 aromatic rings. The highest BCUT2D eigenvalue weighted by molar-refractivity contribution is 5.95. The maximum absolute atomic E-state index is 12.9. The summed E-state index contributed by atoms with van der Waals surface area (Å²) < 4.78 is 11.0. The fourth-order valence-corrected chi connectivity index (χ4v) is 3.81. The van der Waals surface area contributed by atoms with Crippen molar-refractivity contribution in [1.29, 1.82) is 0 Å². The summed E-state index contributed by atoms with van der Waals surface area (Å²) in [6.45, 7) is 4.52. The van der Waals surface area contributed by atoms with Crippen molar-refractivity contribution >= 4 is 11.8 Å². The Balaban J connectivity index is 1.25. The van der Waals surface area contributed by atoms with Crippen LogP contribution in [0.1, 0.15) is 17.3 Å². The second kappa shape index (κ2) is 10.7. The molecule has 6 heteroatoms. The summed E-state index contributed by atoms with van der Waals surface area (Å²) >= 11 is 0. The summed E-state index contributed by atoms with van der Waals surface area (Å²) in [5.41, 5.74) is 2.86. The van der Waals surface area contributed by atoms with Crippen molar-refractivity contribution in [3.8, 4) is 22.6 Å². The average Bonchev–Trinajstić information content (AvgIpc) is 2.88. The van der Waals surface area contributed by atoms with E-state index in [9.17, 15) is 9.59 Å². The van der Waals surface area contributed by atoms with Gasteiger partial charge >= 0.3 is 0 Å². The van der Waals surface area contributed by atoms with Gasteiger partial charge in [0, 0.05) is 31.7 Å². The minimum Gasteiger partial charge on any atom is -0.494 e. The number of piperazine rings is 1. The normalized spacial score (nSPS) is 13.5. The average molecular weight is 445 g/mol. The molecule has 0 unspecified atom stereocenters. The number of rotatable bonds is 7. The van der Waals surface area contributed by atoms with Gasteiger partial charge in [-0.3, -0.25) is 9.59 Å². The van der Waals surface area contributed by atoms with E-state index in [4.69, 9.17) is 9.47 Å². The molecule has 1 saturated heterocycles. The lowest BCUT2D eigenvalue weighted by molar-refractivity contribution is -0.134. The van der Waals surface area contributed by atoms with Crippen LogP contribution in [0.2, 0.25) is 0 Å². The van der Waals surface area contributed by atoms with Crippen LogP contribution < -0.4 is 9.47 Å². The molecule has 0 aliphatic carbocycles. The van der Waals surface area contributed by atoms with Gasteiger partial charge in [-0.05, 0) is 54.4 Å². The summed E-state index contributed by atoms with van der Waals surface area (Å²) in [5.74, 6) is 1.31. The Hall–Kier alpha value is -3.80. The third kappa shape index (κ3) is 5.71. The van der Waals surface area contributed by atoms with Crippen LogP contribution in [0.15, 0.2) is 78.9 Å². The van der Waals surface area contributed by atoms with Crippen LogP contribution in [-0.4, -0.2) is 61.0 Å². The van der Waals surface area contributed by atoms with E-state index in [0.717, 1.165) is 16.9 Å². The lowest BCUT2D eigenvalue weighted by Gasteiger charge is -2.34. The van der Waals surface area contributed by atoms with Gasteiger partial charge in [-0.2, -0.15) is 0 Å². The molecule has 4 rings (SSSR count). The zero-order chi connectivity index (χ0) is 23.0. The Morgan fingerprint density at radius 3 is 1.85 bits per heavy atom. The maximum Gasteiger partial charge on any atom is 0.260 e. The van der Waals surface area contributed by atoms with E-state index in [1.165, 1.54) is 0 Å². The monoisotopic (exact) mass is 444 g/mol. The largest absolute Gasteiger partial charge is 0.494 e. The molecule has 0 aromatic heterocycles. The molecule has 1 heterocycles.